The molecule has 0 aliphatic carbocycles. The largest absolute Gasteiger partial charge is 0.471 e. The number of esters is 1. The molecule has 0 saturated heterocycles. The van der Waals surface area contributed by atoms with Gasteiger partial charge in [-0.15, -0.1) is 6.58 Å². The van der Waals surface area contributed by atoms with E-state index < -0.39 is 35.6 Å². The summed E-state index contributed by atoms with van der Waals surface area (Å²) in [5, 5.41) is 1.67. The number of carbonyl (C=O) groups excluding carboxylic acids is 2. The number of amides is 1. The number of rotatable bonds is 5. The summed E-state index contributed by atoms with van der Waals surface area (Å²) >= 11 is 0. The third-order valence-corrected chi connectivity index (χ3v) is 2.41. The third-order valence-electron chi connectivity index (χ3n) is 2.41. The predicted molar refractivity (Wildman–Crippen MR) is 67.8 cm³/mol. The quantitative estimate of drug-likeness (QED) is 0.626. The zero-order chi connectivity index (χ0) is 16.1. The molecule has 0 bridgehead atoms. The lowest BCUT2D eigenvalue weighted by Crippen LogP contribution is -2.51. The molecular weight excluding hydrogens is 275 g/mol. The number of carbonyl (C=O) groups is 2. The molecule has 4 nitrogen and oxygen atoms in total. The Morgan fingerprint density at radius 2 is 1.80 bits per heavy atom. The van der Waals surface area contributed by atoms with Crippen LogP contribution in [0.4, 0.5) is 13.2 Å². The molecule has 20 heavy (non-hydrogen) atoms. The van der Waals surface area contributed by atoms with Crippen LogP contribution in [0.3, 0.4) is 0 Å². The molecule has 0 heterocycles. The summed E-state index contributed by atoms with van der Waals surface area (Å²) in [5.41, 5.74) is -0.863. The summed E-state index contributed by atoms with van der Waals surface area (Å²) in [6.45, 7) is 9.89. The molecule has 0 spiro atoms. The standard InChI is InChI=1S/C13H20F3NO3/c1-6-8(7-2)9(10(18)20-12(3,4)5)17-11(19)13(14,15)16/h6,8-9H,1,7H2,2-5H3,(H,17,19)/t8-,9+/m1/s1. The molecule has 0 aliphatic rings. The van der Waals surface area contributed by atoms with Gasteiger partial charge in [-0.2, -0.15) is 13.2 Å². The van der Waals surface area contributed by atoms with Gasteiger partial charge >= 0.3 is 18.1 Å². The number of alkyl halides is 3. The summed E-state index contributed by atoms with van der Waals surface area (Å²) in [5.74, 6) is -3.73. The second-order valence-electron chi connectivity index (χ2n) is 5.29. The number of ether oxygens (including phenoxy) is 1. The van der Waals surface area contributed by atoms with E-state index in [0.717, 1.165) is 0 Å². The van der Waals surface area contributed by atoms with Crippen LogP contribution in [0.25, 0.3) is 0 Å². The van der Waals surface area contributed by atoms with Crippen LogP contribution in [0.5, 0.6) is 0 Å². The van der Waals surface area contributed by atoms with Crippen molar-refractivity contribution in [1.82, 2.24) is 5.32 Å². The lowest BCUT2D eigenvalue weighted by Gasteiger charge is -2.28. The van der Waals surface area contributed by atoms with Crippen LogP contribution in [-0.4, -0.2) is 29.7 Å². The van der Waals surface area contributed by atoms with E-state index in [4.69, 9.17) is 4.74 Å². The van der Waals surface area contributed by atoms with E-state index in [1.54, 1.807) is 33.0 Å². The molecule has 0 aromatic heterocycles. The third kappa shape index (κ3) is 6.08. The minimum Gasteiger partial charge on any atom is -0.458 e. The first-order valence-electron chi connectivity index (χ1n) is 6.15. The second kappa shape index (κ2) is 6.76. The molecule has 0 unspecified atom stereocenters. The van der Waals surface area contributed by atoms with Gasteiger partial charge in [0.15, 0.2) is 0 Å². The average molecular weight is 295 g/mol. The Labute approximate surface area is 116 Å². The maximum Gasteiger partial charge on any atom is 0.471 e. The predicted octanol–water partition coefficient (Wildman–Crippen LogP) is 2.59. The Kier molecular flexibility index (Phi) is 6.25. The Balaban J connectivity index is 5.14. The Morgan fingerprint density at radius 3 is 2.10 bits per heavy atom. The smallest absolute Gasteiger partial charge is 0.458 e. The van der Waals surface area contributed by atoms with Gasteiger partial charge in [-0.1, -0.05) is 13.0 Å². The van der Waals surface area contributed by atoms with Crippen molar-refractivity contribution in [1.29, 1.82) is 0 Å². The number of hydrogen-bond acceptors (Lipinski definition) is 3. The first-order chi connectivity index (χ1) is 8.92. The summed E-state index contributed by atoms with van der Waals surface area (Å²) in [4.78, 5) is 22.9. The summed E-state index contributed by atoms with van der Waals surface area (Å²) in [6, 6.07) is -1.41. The second-order valence-corrected chi connectivity index (χ2v) is 5.29. The van der Waals surface area contributed by atoms with E-state index >= 15 is 0 Å². The van der Waals surface area contributed by atoms with Gasteiger partial charge in [0, 0.05) is 5.92 Å². The lowest BCUT2D eigenvalue weighted by molar-refractivity contribution is -0.177. The topological polar surface area (TPSA) is 55.4 Å². The van der Waals surface area contributed by atoms with Gasteiger partial charge in [-0.05, 0) is 27.2 Å². The normalized spacial score (nSPS) is 15.2. The van der Waals surface area contributed by atoms with E-state index in [0.29, 0.717) is 6.42 Å². The van der Waals surface area contributed by atoms with Crippen LogP contribution >= 0.6 is 0 Å². The summed E-state index contributed by atoms with van der Waals surface area (Å²) < 4.78 is 41.9. The Hall–Kier alpha value is -1.53. The lowest BCUT2D eigenvalue weighted by atomic mass is 9.96. The molecule has 116 valence electrons. The van der Waals surface area contributed by atoms with E-state index in [2.05, 4.69) is 6.58 Å². The zero-order valence-corrected chi connectivity index (χ0v) is 12.0. The van der Waals surface area contributed by atoms with Crippen LogP contribution in [0.2, 0.25) is 0 Å². The van der Waals surface area contributed by atoms with E-state index in [1.807, 2.05) is 0 Å². The molecule has 0 aliphatic heterocycles. The van der Waals surface area contributed by atoms with E-state index in [-0.39, 0.29) is 0 Å². The maximum atomic E-state index is 12.3. The van der Waals surface area contributed by atoms with Crippen LogP contribution in [-0.2, 0) is 14.3 Å². The van der Waals surface area contributed by atoms with Gasteiger partial charge in [0.25, 0.3) is 0 Å². The van der Waals surface area contributed by atoms with Crippen LogP contribution < -0.4 is 5.32 Å². The molecule has 7 heteroatoms. The fourth-order valence-corrected chi connectivity index (χ4v) is 1.47. The SMILES string of the molecule is C=C[C@H](CC)[C@H](NC(=O)C(F)(F)F)C(=O)OC(C)(C)C. The van der Waals surface area contributed by atoms with Crippen molar-refractivity contribution in [2.45, 2.75) is 51.9 Å². The summed E-state index contributed by atoms with van der Waals surface area (Å²) in [6.07, 6.45) is -3.39. The van der Waals surface area contributed by atoms with Crippen molar-refractivity contribution in [3.8, 4) is 0 Å². The van der Waals surface area contributed by atoms with Gasteiger partial charge in [0.1, 0.15) is 11.6 Å². The molecule has 1 N–H and O–H groups in total. The highest BCUT2D eigenvalue weighted by Gasteiger charge is 2.42. The maximum absolute atomic E-state index is 12.3. The number of nitrogens with one attached hydrogen (secondary N) is 1. The van der Waals surface area contributed by atoms with Crippen molar-refractivity contribution < 1.29 is 27.5 Å². The van der Waals surface area contributed by atoms with Crippen molar-refractivity contribution in [2.24, 2.45) is 5.92 Å². The molecule has 2 atom stereocenters. The fraction of sp³-hybridized carbons (Fsp3) is 0.692. The molecule has 0 aromatic rings. The molecular formula is C13H20F3NO3. The monoisotopic (exact) mass is 295 g/mol. The highest BCUT2D eigenvalue weighted by molar-refractivity contribution is 5.88. The highest BCUT2D eigenvalue weighted by atomic mass is 19.4. The van der Waals surface area contributed by atoms with Crippen LogP contribution in [0, 0.1) is 5.92 Å². The molecule has 1 amide bonds. The zero-order valence-electron chi connectivity index (χ0n) is 12.0. The van der Waals surface area contributed by atoms with Gasteiger partial charge in [-0.25, -0.2) is 4.79 Å². The first-order valence-corrected chi connectivity index (χ1v) is 6.15. The Bertz CT molecular complexity index is 372. The molecule has 0 saturated carbocycles. The van der Waals surface area contributed by atoms with E-state index in [9.17, 15) is 22.8 Å². The van der Waals surface area contributed by atoms with Crippen LogP contribution in [0.15, 0.2) is 12.7 Å². The fourth-order valence-electron chi connectivity index (χ4n) is 1.47. The van der Waals surface area contributed by atoms with Crippen molar-refractivity contribution in [3.63, 3.8) is 0 Å². The first kappa shape index (κ1) is 18.5. The van der Waals surface area contributed by atoms with Gasteiger partial charge in [-0.3, -0.25) is 4.79 Å². The van der Waals surface area contributed by atoms with Gasteiger partial charge < -0.3 is 10.1 Å². The van der Waals surface area contributed by atoms with Crippen molar-refractivity contribution >= 4 is 11.9 Å². The molecule has 0 radical (unpaired) electrons. The molecule has 0 aromatic carbocycles. The summed E-state index contributed by atoms with van der Waals surface area (Å²) in [7, 11) is 0. The van der Waals surface area contributed by atoms with Crippen molar-refractivity contribution in [3.05, 3.63) is 12.7 Å². The van der Waals surface area contributed by atoms with Gasteiger partial charge in [0.2, 0.25) is 0 Å². The number of hydrogen-bond donors (Lipinski definition) is 1. The Morgan fingerprint density at radius 1 is 1.30 bits per heavy atom. The van der Waals surface area contributed by atoms with Gasteiger partial charge in [0.05, 0.1) is 0 Å². The molecule has 0 fully saturated rings. The minimum atomic E-state index is -5.06. The van der Waals surface area contributed by atoms with Crippen molar-refractivity contribution in [2.75, 3.05) is 0 Å². The van der Waals surface area contributed by atoms with E-state index in [1.165, 1.54) is 6.08 Å². The average Bonchev–Trinajstić information content (AvgIpc) is 2.25. The number of halogens is 3. The molecule has 0 rings (SSSR count). The van der Waals surface area contributed by atoms with Crippen LogP contribution in [0.1, 0.15) is 34.1 Å². The highest BCUT2D eigenvalue weighted by Crippen LogP contribution is 2.19. The minimum absolute atomic E-state index is 0.339.